The summed E-state index contributed by atoms with van der Waals surface area (Å²) >= 11 is 0. The van der Waals surface area contributed by atoms with Crippen molar-refractivity contribution >= 4 is 0 Å². The first kappa shape index (κ1) is 6.80. The molecule has 58 valence electrons. The van der Waals surface area contributed by atoms with Gasteiger partial charge in [0, 0.05) is 12.4 Å². The van der Waals surface area contributed by atoms with E-state index in [0.717, 1.165) is 18.4 Å². The SMILES string of the molecule is OC(c1cccnc1)C1CC1. The molecule has 2 heteroatoms. The second kappa shape index (κ2) is 2.62. The quantitative estimate of drug-likeness (QED) is 0.691. The van der Waals surface area contributed by atoms with Crippen LogP contribution in [0, 0.1) is 5.92 Å². The number of aliphatic hydroxyl groups excluding tert-OH is 1. The van der Waals surface area contributed by atoms with Crippen LogP contribution < -0.4 is 0 Å². The smallest absolute Gasteiger partial charge is 0.0833 e. The standard InChI is InChI=1S/C9H11NO/c11-9(7-3-4-7)8-2-1-5-10-6-8/h1-2,5-7,9,11H,3-4H2. The fourth-order valence-corrected chi connectivity index (χ4v) is 1.24. The monoisotopic (exact) mass is 149 g/mol. The van der Waals surface area contributed by atoms with E-state index in [9.17, 15) is 5.11 Å². The van der Waals surface area contributed by atoms with Crippen molar-refractivity contribution in [1.29, 1.82) is 0 Å². The lowest BCUT2D eigenvalue weighted by atomic mass is 10.1. The van der Waals surface area contributed by atoms with Gasteiger partial charge in [-0.3, -0.25) is 4.98 Å². The van der Waals surface area contributed by atoms with Crippen molar-refractivity contribution in [3.05, 3.63) is 30.1 Å². The largest absolute Gasteiger partial charge is 0.388 e. The molecule has 1 unspecified atom stereocenters. The highest BCUT2D eigenvalue weighted by Gasteiger charge is 2.30. The molecule has 11 heavy (non-hydrogen) atoms. The van der Waals surface area contributed by atoms with E-state index >= 15 is 0 Å². The van der Waals surface area contributed by atoms with Crippen molar-refractivity contribution < 1.29 is 5.11 Å². The second-order valence-electron chi connectivity index (χ2n) is 3.07. The van der Waals surface area contributed by atoms with Gasteiger partial charge in [0.25, 0.3) is 0 Å². The van der Waals surface area contributed by atoms with Crippen LogP contribution in [0.2, 0.25) is 0 Å². The molecule has 1 aromatic rings. The van der Waals surface area contributed by atoms with E-state index in [-0.39, 0.29) is 6.10 Å². The molecule has 0 bridgehead atoms. The molecule has 2 rings (SSSR count). The minimum Gasteiger partial charge on any atom is -0.388 e. The first-order chi connectivity index (χ1) is 5.38. The van der Waals surface area contributed by atoms with E-state index in [1.165, 1.54) is 0 Å². The third kappa shape index (κ3) is 1.40. The molecule has 2 nitrogen and oxygen atoms in total. The lowest BCUT2D eigenvalue weighted by Gasteiger charge is -2.07. The van der Waals surface area contributed by atoms with Gasteiger partial charge in [-0.2, -0.15) is 0 Å². The summed E-state index contributed by atoms with van der Waals surface area (Å²) in [6, 6.07) is 3.79. The highest BCUT2D eigenvalue weighted by atomic mass is 16.3. The summed E-state index contributed by atoms with van der Waals surface area (Å²) in [6.45, 7) is 0. The van der Waals surface area contributed by atoms with Crippen LogP contribution in [0.15, 0.2) is 24.5 Å². The van der Waals surface area contributed by atoms with Crippen molar-refractivity contribution in [1.82, 2.24) is 4.98 Å². The Morgan fingerprint density at radius 3 is 2.91 bits per heavy atom. The Hall–Kier alpha value is -0.890. The minimum absolute atomic E-state index is 0.274. The summed E-state index contributed by atoms with van der Waals surface area (Å²) in [6.07, 6.45) is 5.52. The van der Waals surface area contributed by atoms with Gasteiger partial charge in [0.2, 0.25) is 0 Å². The van der Waals surface area contributed by atoms with E-state index < -0.39 is 0 Å². The Labute approximate surface area is 65.9 Å². The number of rotatable bonds is 2. The Morgan fingerprint density at radius 1 is 1.55 bits per heavy atom. The molecule has 1 atom stereocenters. The summed E-state index contributed by atoms with van der Waals surface area (Å²) in [5, 5.41) is 9.62. The molecule has 1 aliphatic rings. The molecule has 0 aliphatic heterocycles. The van der Waals surface area contributed by atoms with Crippen LogP contribution in [-0.4, -0.2) is 10.1 Å². The Morgan fingerprint density at radius 2 is 2.36 bits per heavy atom. The molecule has 0 amide bonds. The maximum absolute atomic E-state index is 9.62. The zero-order chi connectivity index (χ0) is 7.68. The normalized spacial score (nSPS) is 19.7. The topological polar surface area (TPSA) is 33.1 Å². The van der Waals surface area contributed by atoms with Crippen LogP contribution in [0.25, 0.3) is 0 Å². The number of pyridine rings is 1. The van der Waals surface area contributed by atoms with E-state index in [4.69, 9.17) is 0 Å². The zero-order valence-electron chi connectivity index (χ0n) is 6.27. The summed E-state index contributed by atoms with van der Waals surface area (Å²) in [5.41, 5.74) is 0.954. The zero-order valence-corrected chi connectivity index (χ0v) is 6.27. The van der Waals surface area contributed by atoms with Crippen LogP contribution >= 0.6 is 0 Å². The Balaban J connectivity index is 2.15. The van der Waals surface area contributed by atoms with Crippen molar-refractivity contribution in [3.63, 3.8) is 0 Å². The van der Waals surface area contributed by atoms with Gasteiger partial charge in [0.05, 0.1) is 6.10 Å². The summed E-state index contributed by atoms with van der Waals surface area (Å²) < 4.78 is 0. The Bertz CT molecular complexity index is 231. The van der Waals surface area contributed by atoms with Gasteiger partial charge >= 0.3 is 0 Å². The fraction of sp³-hybridized carbons (Fsp3) is 0.444. The molecule has 1 fully saturated rings. The molecular formula is C9H11NO. The molecule has 1 aromatic heterocycles. The van der Waals surface area contributed by atoms with E-state index in [1.54, 1.807) is 12.4 Å². The Kier molecular flexibility index (Phi) is 1.62. The summed E-state index contributed by atoms with van der Waals surface area (Å²) in [4.78, 5) is 3.96. The van der Waals surface area contributed by atoms with Gasteiger partial charge in [-0.15, -0.1) is 0 Å². The highest BCUT2D eigenvalue weighted by Crippen LogP contribution is 2.40. The maximum atomic E-state index is 9.62. The second-order valence-corrected chi connectivity index (χ2v) is 3.07. The van der Waals surface area contributed by atoms with Gasteiger partial charge in [0.15, 0.2) is 0 Å². The van der Waals surface area contributed by atoms with Gasteiger partial charge in [-0.05, 0) is 30.4 Å². The summed E-state index contributed by atoms with van der Waals surface area (Å²) in [5.74, 6) is 0.499. The van der Waals surface area contributed by atoms with Gasteiger partial charge < -0.3 is 5.11 Å². The van der Waals surface area contributed by atoms with E-state index in [1.807, 2.05) is 12.1 Å². The van der Waals surface area contributed by atoms with Gasteiger partial charge in [0.1, 0.15) is 0 Å². The molecule has 1 aliphatic carbocycles. The average molecular weight is 149 g/mol. The van der Waals surface area contributed by atoms with Crippen LogP contribution in [0.4, 0.5) is 0 Å². The molecule has 0 aromatic carbocycles. The minimum atomic E-state index is -0.274. The van der Waals surface area contributed by atoms with Crippen LogP contribution in [0.3, 0.4) is 0 Å². The number of hydrogen-bond donors (Lipinski definition) is 1. The van der Waals surface area contributed by atoms with Gasteiger partial charge in [-0.25, -0.2) is 0 Å². The number of aromatic nitrogens is 1. The maximum Gasteiger partial charge on any atom is 0.0833 e. The molecule has 0 spiro atoms. The lowest BCUT2D eigenvalue weighted by molar-refractivity contribution is 0.153. The van der Waals surface area contributed by atoms with Crippen molar-refractivity contribution in [2.45, 2.75) is 18.9 Å². The molecule has 0 radical (unpaired) electrons. The molecule has 0 saturated heterocycles. The third-order valence-electron chi connectivity index (χ3n) is 2.09. The van der Waals surface area contributed by atoms with Crippen LogP contribution in [0.1, 0.15) is 24.5 Å². The first-order valence-corrected chi connectivity index (χ1v) is 3.96. The lowest BCUT2D eigenvalue weighted by Crippen LogP contribution is -1.98. The number of aliphatic hydroxyl groups is 1. The van der Waals surface area contributed by atoms with Crippen LogP contribution in [-0.2, 0) is 0 Å². The molecular weight excluding hydrogens is 138 g/mol. The van der Waals surface area contributed by atoms with Gasteiger partial charge in [-0.1, -0.05) is 6.07 Å². The molecule has 1 N–H and O–H groups in total. The third-order valence-corrected chi connectivity index (χ3v) is 2.09. The van der Waals surface area contributed by atoms with Crippen molar-refractivity contribution in [3.8, 4) is 0 Å². The first-order valence-electron chi connectivity index (χ1n) is 3.96. The summed E-state index contributed by atoms with van der Waals surface area (Å²) in [7, 11) is 0. The predicted molar refractivity (Wildman–Crippen MR) is 41.9 cm³/mol. The van der Waals surface area contributed by atoms with Crippen molar-refractivity contribution in [2.75, 3.05) is 0 Å². The number of nitrogens with zero attached hydrogens (tertiary/aromatic N) is 1. The molecule has 1 heterocycles. The average Bonchev–Trinajstić information content (AvgIpc) is 2.87. The fourth-order valence-electron chi connectivity index (χ4n) is 1.24. The molecule has 1 saturated carbocycles. The van der Waals surface area contributed by atoms with E-state index in [0.29, 0.717) is 5.92 Å². The van der Waals surface area contributed by atoms with Crippen LogP contribution in [0.5, 0.6) is 0 Å². The van der Waals surface area contributed by atoms with E-state index in [2.05, 4.69) is 4.98 Å². The number of hydrogen-bond acceptors (Lipinski definition) is 2. The predicted octanol–water partition coefficient (Wildman–Crippen LogP) is 1.52. The van der Waals surface area contributed by atoms with Crippen molar-refractivity contribution in [2.24, 2.45) is 5.92 Å². The highest BCUT2D eigenvalue weighted by molar-refractivity contribution is 5.14.